The fourth-order valence-electron chi connectivity index (χ4n) is 1.39. The molecule has 0 saturated carbocycles. The molecule has 0 nitrogen and oxygen atoms in total. The Morgan fingerprint density at radius 3 is 1.47 bits per heavy atom. The predicted octanol–water partition coefficient (Wildman–Crippen LogP) is 4.17. The minimum Gasteiger partial charge on any atom is -0.270 e. The van der Waals surface area contributed by atoms with Gasteiger partial charge in [0, 0.05) is 0 Å². The maximum Gasteiger partial charge on any atom is 3.00 e. The van der Waals surface area contributed by atoms with Crippen LogP contribution in [0.15, 0.2) is 35.5 Å². The van der Waals surface area contributed by atoms with E-state index in [1.54, 1.807) is 0 Å². The monoisotopic (exact) mass is 245 g/mol. The van der Waals surface area contributed by atoms with Gasteiger partial charge in [0.1, 0.15) is 0 Å². The molecule has 0 saturated heterocycles. The zero-order valence-electron chi connectivity index (χ0n) is 9.47. The van der Waals surface area contributed by atoms with E-state index >= 15 is 0 Å². The van der Waals surface area contributed by atoms with E-state index in [1.165, 1.54) is 11.1 Å². The second-order valence-electron chi connectivity index (χ2n) is 3.32. The van der Waals surface area contributed by atoms with Crippen molar-refractivity contribution in [3.05, 3.63) is 47.6 Å². The summed E-state index contributed by atoms with van der Waals surface area (Å²) < 4.78 is 0. The molecule has 0 aromatic rings. The summed E-state index contributed by atoms with van der Waals surface area (Å²) in [5, 5.41) is 0. The first kappa shape index (κ1) is 14.5. The topological polar surface area (TPSA) is 0 Å². The third-order valence-corrected chi connectivity index (χ3v) is 2.29. The molecule has 0 spiro atoms. The van der Waals surface area contributed by atoms with Gasteiger partial charge in [-0.2, -0.15) is 12.2 Å². The Bertz CT molecular complexity index is 250. The molecule has 0 unspecified atom stereocenters. The van der Waals surface area contributed by atoms with Crippen LogP contribution in [-0.4, -0.2) is 0 Å². The Labute approximate surface area is 104 Å². The summed E-state index contributed by atoms with van der Waals surface area (Å²) >= 11 is 0. The smallest absolute Gasteiger partial charge is 0.270 e. The van der Waals surface area contributed by atoms with Crippen LogP contribution in [0.25, 0.3) is 0 Å². The molecular formula is C14H18Co+. The molecule has 82 valence electrons. The van der Waals surface area contributed by atoms with Crippen LogP contribution in [0.5, 0.6) is 0 Å². The quantitative estimate of drug-likeness (QED) is 0.640. The van der Waals surface area contributed by atoms with E-state index in [-0.39, 0.29) is 16.8 Å². The van der Waals surface area contributed by atoms with Crippen molar-refractivity contribution in [2.24, 2.45) is 0 Å². The first-order chi connectivity index (χ1) is 6.86. The standard InChI is InChI=1S/2C7H9.Co/c2*1-2-7-5-3-4-6-7;/h2*3,5H,2,4H2,1H3;/q2*-1;+3. The van der Waals surface area contributed by atoms with Crippen LogP contribution in [0.3, 0.4) is 0 Å². The van der Waals surface area contributed by atoms with Gasteiger partial charge in [-0.05, 0) is 0 Å². The van der Waals surface area contributed by atoms with Crippen LogP contribution in [0, 0.1) is 12.2 Å². The minimum atomic E-state index is 0. The van der Waals surface area contributed by atoms with Gasteiger partial charge in [-0.15, -0.1) is 12.8 Å². The van der Waals surface area contributed by atoms with E-state index in [9.17, 15) is 0 Å². The number of hydrogen-bond acceptors (Lipinski definition) is 0. The first-order valence-corrected chi connectivity index (χ1v) is 5.39. The molecule has 15 heavy (non-hydrogen) atoms. The predicted molar refractivity (Wildman–Crippen MR) is 61.6 cm³/mol. The van der Waals surface area contributed by atoms with E-state index in [0.717, 1.165) is 25.7 Å². The number of rotatable bonds is 2. The van der Waals surface area contributed by atoms with Gasteiger partial charge in [0.2, 0.25) is 0 Å². The van der Waals surface area contributed by atoms with Crippen LogP contribution >= 0.6 is 0 Å². The van der Waals surface area contributed by atoms with E-state index in [0.29, 0.717) is 0 Å². The summed E-state index contributed by atoms with van der Waals surface area (Å²) in [6.45, 7) is 4.30. The molecule has 0 aromatic carbocycles. The molecule has 0 atom stereocenters. The van der Waals surface area contributed by atoms with Crippen molar-refractivity contribution >= 4 is 0 Å². The van der Waals surface area contributed by atoms with E-state index in [1.807, 2.05) is 0 Å². The molecule has 0 radical (unpaired) electrons. The van der Waals surface area contributed by atoms with Crippen LogP contribution in [-0.2, 0) is 16.8 Å². The molecule has 2 aliphatic rings. The largest absolute Gasteiger partial charge is 3.00 e. The van der Waals surface area contributed by atoms with Gasteiger partial charge in [-0.25, -0.2) is 23.3 Å². The molecule has 0 bridgehead atoms. The molecule has 0 aliphatic heterocycles. The Kier molecular flexibility index (Phi) is 8.44. The third-order valence-electron chi connectivity index (χ3n) is 2.29. The third kappa shape index (κ3) is 5.80. The first-order valence-electron chi connectivity index (χ1n) is 5.39. The van der Waals surface area contributed by atoms with Crippen LogP contribution in [0.1, 0.15) is 39.5 Å². The van der Waals surface area contributed by atoms with Crippen molar-refractivity contribution in [2.75, 3.05) is 0 Å². The summed E-state index contributed by atoms with van der Waals surface area (Å²) in [6.07, 6.45) is 19.3. The van der Waals surface area contributed by atoms with Gasteiger partial charge in [-0.3, -0.25) is 12.2 Å². The van der Waals surface area contributed by atoms with Crippen LogP contribution < -0.4 is 0 Å². The summed E-state index contributed by atoms with van der Waals surface area (Å²) in [6, 6.07) is 0. The van der Waals surface area contributed by atoms with Crippen molar-refractivity contribution in [1.29, 1.82) is 0 Å². The van der Waals surface area contributed by atoms with Gasteiger partial charge in [0.25, 0.3) is 0 Å². The minimum absolute atomic E-state index is 0. The van der Waals surface area contributed by atoms with Gasteiger partial charge in [0.15, 0.2) is 0 Å². The number of hydrogen-bond donors (Lipinski definition) is 0. The van der Waals surface area contributed by atoms with Crippen molar-refractivity contribution < 1.29 is 16.8 Å². The van der Waals surface area contributed by atoms with E-state index in [2.05, 4.69) is 50.3 Å². The molecule has 0 fully saturated rings. The maximum absolute atomic E-state index is 3.21. The van der Waals surface area contributed by atoms with E-state index < -0.39 is 0 Å². The molecule has 0 aromatic heterocycles. The SMILES string of the molecule is CCC1=[C-]CC=C1.CCC1=[C-]CC=C1.[Co+3]. The average molecular weight is 245 g/mol. The number of allylic oxidation sites excluding steroid dienone is 8. The average Bonchev–Trinajstić information content (AvgIpc) is 2.92. The Morgan fingerprint density at radius 2 is 1.33 bits per heavy atom. The molecule has 1 heteroatoms. The molecule has 2 aliphatic carbocycles. The van der Waals surface area contributed by atoms with Gasteiger partial charge in [-0.1, -0.05) is 26.7 Å². The Balaban J connectivity index is 0.000000245. The maximum atomic E-state index is 3.21. The summed E-state index contributed by atoms with van der Waals surface area (Å²) in [5.41, 5.74) is 2.72. The summed E-state index contributed by atoms with van der Waals surface area (Å²) in [7, 11) is 0. The summed E-state index contributed by atoms with van der Waals surface area (Å²) in [4.78, 5) is 0. The van der Waals surface area contributed by atoms with Crippen molar-refractivity contribution in [3.8, 4) is 0 Å². The van der Waals surface area contributed by atoms with Gasteiger partial charge >= 0.3 is 16.8 Å². The van der Waals surface area contributed by atoms with E-state index in [4.69, 9.17) is 0 Å². The fraction of sp³-hybridized carbons (Fsp3) is 0.429. The van der Waals surface area contributed by atoms with Gasteiger partial charge in [0.05, 0.1) is 0 Å². The molecule has 0 N–H and O–H groups in total. The van der Waals surface area contributed by atoms with Crippen molar-refractivity contribution in [3.63, 3.8) is 0 Å². The van der Waals surface area contributed by atoms with Crippen LogP contribution in [0.2, 0.25) is 0 Å². The molecule has 2 rings (SSSR count). The second-order valence-corrected chi connectivity index (χ2v) is 3.32. The fourth-order valence-corrected chi connectivity index (χ4v) is 1.39. The normalized spacial score (nSPS) is 16.4. The van der Waals surface area contributed by atoms with Crippen molar-refractivity contribution in [2.45, 2.75) is 39.5 Å². The molecule has 0 heterocycles. The zero-order chi connectivity index (χ0) is 10.2. The zero-order valence-corrected chi connectivity index (χ0v) is 10.5. The van der Waals surface area contributed by atoms with Crippen LogP contribution in [0.4, 0.5) is 0 Å². The van der Waals surface area contributed by atoms with Crippen molar-refractivity contribution in [1.82, 2.24) is 0 Å². The molecular weight excluding hydrogens is 227 g/mol. The Hall–Kier alpha value is -0.534. The Morgan fingerprint density at radius 1 is 0.933 bits per heavy atom. The molecule has 0 amide bonds. The second kappa shape index (κ2) is 8.75. The van der Waals surface area contributed by atoms with Gasteiger partial charge < -0.3 is 0 Å². The summed E-state index contributed by atoms with van der Waals surface area (Å²) in [5.74, 6) is 0.